The van der Waals surface area contributed by atoms with Gasteiger partial charge in [-0.2, -0.15) is 0 Å². The predicted octanol–water partition coefficient (Wildman–Crippen LogP) is 3.17. The van der Waals surface area contributed by atoms with E-state index in [1.165, 1.54) is 0 Å². The summed E-state index contributed by atoms with van der Waals surface area (Å²) in [6.07, 6.45) is 8.95. The van der Waals surface area contributed by atoms with Crippen LogP contribution in [0, 0.1) is 17.3 Å². The summed E-state index contributed by atoms with van der Waals surface area (Å²) in [5.74, 6) is 0.762. The van der Waals surface area contributed by atoms with Gasteiger partial charge in [0.15, 0.2) is 0 Å². The van der Waals surface area contributed by atoms with Gasteiger partial charge in [-0.15, -0.1) is 0 Å². The van der Waals surface area contributed by atoms with Gasteiger partial charge in [-0.05, 0) is 69.6 Å². The number of nitrogens with zero attached hydrogens (tertiary/aromatic N) is 1. The summed E-state index contributed by atoms with van der Waals surface area (Å²) in [5.41, 5.74) is 0.437. The van der Waals surface area contributed by atoms with E-state index in [-0.39, 0.29) is 11.9 Å². The van der Waals surface area contributed by atoms with E-state index in [1.54, 1.807) is 0 Å². The van der Waals surface area contributed by atoms with Crippen LogP contribution in [0.1, 0.15) is 64.7 Å². The van der Waals surface area contributed by atoms with Gasteiger partial charge in [-0.3, -0.25) is 9.59 Å². The molecule has 0 bridgehead atoms. The Hall–Kier alpha value is -1.10. The number of rotatable bonds is 4. The van der Waals surface area contributed by atoms with E-state index in [0.717, 1.165) is 77.7 Å². The molecule has 25 heavy (non-hydrogen) atoms. The second-order valence-corrected chi connectivity index (χ2v) is 8.17. The molecule has 3 fully saturated rings. The van der Waals surface area contributed by atoms with Gasteiger partial charge in [-0.25, -0.2) is 0 Å². The van der Waals surface area contributed by atoms with Crippen LogP contribution in [0.4, 0.5) is 0 Å². The zero-order chi connectivity index (χ0) is 17.7. The maximum Gasteiger partial charge on any atom is 0.308 e. The molecule has 5 heteroatoms. The highest BCUT2D eigenvalue weighted by Gasteiger charge is 2.37. The molecule has 142 valence electrons. The zero-order valence-electron chi connectivity index (χ0n) is 15.6. The van der Waals surface area contributed by atoms with E-state index in [2.05, 4.69) is 4.90 Å². The molecular weight excluding hydrogens is 318 g/mol. The van der Waals surface area contributed by atoms with Crippen LogP contribution in [0.3, 0.4) is 0 Å². The minimum Gasteiger partial charge on any atom is -0.466 e. The monoisotopic (exact) mass is 351 g/mol. The van der Waals surface area contributed by atoms with Crippen LogP contribution >= 0.6 is 0 Å². The number of carbonyl (C=O) groups is 2. The minimum absolute atomic E-state index is 0.0506. The van der Waals surface area contributed by atoms with Crippen LogP contribution in [-0.4, -0.2) is 49.7 Å². The number of piperidine rings is 1. The van der Waals surface area contributed by atoms with Crippen molar-refractivity contribution < 1.29 is 19.1 Å². The normalized spacial score (nSPS) is 29.4. The Labute approximate surface area is 151 Å². The molecule has 0 aromatic carbocycles. The SMILES string of the molecule is CCOC(=O)C1CCC(CC(=O)N2CCC3(CCOCC3)CC2)CC1. The second-order valence-electron chi connectivity index (χ2n) is 8.17. The molecule has 0 N–H and O–H groups in total. The van der Waals surface area contributed by atoms with Crippen LogP contribution in [0.25, 0.3) is 0 Å². The van der Waals surface area contributed by atoms with Crippen molar-refractivity contribution in [2.24, 2.45) is 17.3 Å². The van der Waals surface area contributed by atoms with Crippen molar-refractivity contribution in [3.05, 3.63) is 0 Å². The van der Waals surface area contributed by atoms with E-state index >= 15 is 0 Å². The van der Waals surface area contributed by atoms with E-state index in [4.69, 9.17) is 9.47 Å². The standard InChI is InChI=1S/C20H33NO4/c1-2-25-19(23)17-5-3-16(4-6-17)15-18(22)21-11-7-20(8-12-21)9-13-24-14-10-20/h16-17H,2-15H2,1H3. The smallest absolute Gasteiger partial charge is 0.308 e. The fourth-order valence-corrected chi connectivity index (χ4v) is 4.77. The summed E-state index contributed by atoms with van der Waals surface area (Å²) in [6, 6.07) is 0. The highest BCUT2D eigenvalue weighted by molar-refractivity contribution is 5.76. The lowest BCUT2D eigenvalue weighted by molar-refractivity contribution is -0.149. The third-order valence-corrected chi connectivity index (χ3v) is 6.66. The van der Waals surface area contributed by atoms with Crippen LogP contribution in [0.2, 0.25) is 0 Å². The summed E-state index contributed by atoms with van der Waals surface area (Å²) in [5, 5.41) is 0. The van der Waals surface area contributed by atoms with Gasteiger partial charge >= 0.3 is 5.97 Å². The van der Waals surface area contributed by atoms with Crippen molar-refractivity contribution in [2.75, 3.05) is 32.9 Å². The Bertz CT molecular complexity index is 454. The summed E-state index contributed by atoms with van der Waals surface area (Å²) < 4.78 is 10.6. The number of amides is 1. The Balaban J connectivity index is 1.39. The summed E-state index contributed by atoms with van der Waals surface area (Å²) in [4.78, 5) is 26.6. The molecule has 5 nitrogen and oxygen atoms in total. The molecule has 0 aromatic rings. The average Bonchev–Trinajstić information content (AvgIpc) is 2.64. The van der Waals surface area contributed by atoms with Gasteiger partial charge in [0.05, 0.1) is 12.5 Å². The number of likely N-dealkylation sites (tertiary alicyclic amines) is 1. The number of esters is 1. The van der Waals surface area contributed by atoms with Crippen molar-refractivity contribution in [3.63, 3.8) is 0 Å². The Morgan fingerprint density at radius 3 is 2.28 bits per heavy atom. The van der Waals surface area contributed by atoms with Crippen molar-refractivity contribution >= 4 is 11.9 Å². The van der Waals surface area contributed by atoms with Crippen LogP contribution in [-0.2, 0) is 19.1 Å². The molecule has 1 amide bonds. The first kappa shape index (κ1) is 18.7. The number of hydrogen-bond donors (Lipinski definition) is 0. The molecule has 2 aliphatic heterocycles. The Morgan fingerprint density at radius 1 is 1.04 bits per heavy atom. The molecule has 0 unspecified atom stereocenters. The molecule has 0 aromatic heterocycles. The fraction of sp³-hybridized carbons (Fsp3) is 0.900. The summed E-state index contributed by atoms with van der Waals surface area (Å²) in [6.45, 7) is 5.91. The predicted molar refractivity (Wildman–Crippen MR) is 95.0 cm³/mol. The molecule has 0 atom stereocenters. The first-order chi connectivity index (χ1) is 12.1. The minimum atomic E-state index is -0.0509. The topological polar surface area (TPSA) is 55.8 Å². The molecule has 2 heterocycles. The Kier molecular flexibility index (Phi) is 6.37. The molecule has 0 radical (unpaired) electrons. The lowest BCUT2D eigenvalue weighted by atomic mass is 9.72. The van der Waals surface area contributed by atoms with Crippen molar-refractivity contribution in [1.82, 2.24) is 4.90 Å². The fourth-order valence-electron chi connectivity index (χ4n) is 4.77. The van der Waals surface area contributed by atoms with Gasteiger partial charge in [0, 0.05) is 32.7 Å². The van der Waals surface area contributed by atoms with Crippen molar-refractivity contribution in [3.8, 4) is 0 Å². The first-order valence-electron chi connectivity index (χ1n) is 10.1. The molecule has 1 spiro atoms. The highest BCUT2D eigenvalue weighted by Crippen LogP contribution is 2.41. The third kappa shape index (κ3) is 4.75. The van der Waals surface area contributed by atoms with E-state index in [9.17, 15) is 9.59 Å². The van der Waals surface area contributed by atoms with Crippen LogP contribution in [0.5, 0.6) is 0 Å². The Morgan fingerprint density at radius 2 is 1.68 bits per heavy atom. The van der Waals surface area contributed by atoms with Crippen LogP contribution < -0.4 is 0 Å². The third-order valence-electron chi connectivity index (χ3n) is 6.66. The summed E-state index contributed by atoms with van der Waals surface area (Å²) in [7, 11) is 0. The van der Waals surface area contributed by atoms with Gasteiger partial charge in [-0.1, -0.05) is 0 Å². The second kappa shape index (κ2) is 8.52. The number of hydrogen-bond acceptors (Lipinski definition) is 4. The van der Waals surface area contributed by atoms with Crippen molar-refractivity contribution in [2.45, 2.75) is 64.7 Å². The van der Waals surface area contributed by atoms with E-state index in [0.29, 0.717) is 30.3 Å². The van der Waals surface area contributed by atoms with Gasteiger partial charge < -0.3 is 14.4 Å². The van der Waals surface area contributed by atoms with Crippen LogP contribution in [0.15, 0.2) is 0 Å². The van der Waals surface area contributed by atoms with Gasteiger partial charge in [0.2, 0.25) is 5.91 Å². The largest absolute Gasteiger partial charge is 0.466 e. The van der Waals surface area contributed by atoms with Gasteiger partial charge in [0.25, 0.3) is 0 Å². The van der Waals surface area contributed by atoms with Gasteiger partial charge in [0.1, 0.15) is 0 Å². The lowest BCUT2D eigenvalue weighted by Crippen LogP contribution is -2.45. The van der Waals surface area contributed by atoms with E-state index in [1.807, 2.05) is 6.92 Å². The maximum absolute atomic E-state index is 12.7. The molecule has 2 saturated heterocycles. The number of ether oxygens (including phenoxy) is 2. The highest BCUT2D eigenvalue weighted by atomic mass is 16.5. The molecule has 3 rings (SSSR count). The molecular formula is C20H33NO4. The molecule has 1 aliphatic carbocycles. The summed E-state index contributed by atoms with van der Waals surface area (Å²) >= 11 is 0. The van der Waals surface area contributed by atoms with Crippen molar-refractivity contribution in [1.29, 1.82) is 0 Å². The van der Waals surface area contributed by atoms with E-state index < -0.39 is 0 Å². The molecule has 3 aliphatic rings. The first-order valence-corrected chi connectivity index (χ1v) is 10.1. The lowest BCUT2D eigenvalue weighted by Gasteiger charge is -2.44. The average molecular weight is 351 g/mol. The number of carbonyl (C=O) groups excluding carboxylic acids is 2. The maximum atomic E-state index is 12.7. The zero-order valence-corrected chi connectivity index (χ0v) is 15.6. The molecule has 1 saturated carbocycles. The quantitative estimate of drug-likeness (QED) is 0.730.